The van der Waals surface area contributed by atoms with Crippen LogP contribution in [0.1, 0.15) is 162 Å². The zero-order chi connectivity index (χ0) is 19.1. The molecule has 0 aromatic carbocycles. The number of rotatable bonds is 22. The second-order valence-electron chi connectivity index (χ2n) is 9.05. The third-order valence-electron chi connectivity index (χ3n) is 6.10. The predicted molar refractivity (Wildman–Crippen MR) is 122 cm³/mol. The molecule has 0 spiro atoms. The Labute approximate surface area is 168 Å². The molecule has 26 heavy (non-hydrogen) atoms. The second-order valence-corrected chi connectivity index (χ2v) is 9.05. The molecule has 0 N–H and O–H groups in total. The van der Waals surface area contributed by atoms with Gasteiger partial charge in [-0.1, -0.05) is 162 Å². The molecule has 0 heterocycles. The molecular weight excluding hydrogens is 312 g/mol. The van der Waals surface area contributed by atoms with Crippen molar-refractivity contribution in [1.29, 1.82) is 0 Å². The third-order valence-corrected chi connectivity index (χ3v) is 6.10. The van der Waals surface area contributed by atoms with Gasteiger partial charge in [-0.3, -0.25) is 0 Å². The van der Waals surface area contributed by atoms with Crippen molar-refractivity contribution in [2.45, 2.75) is 162 Å². The molecule has 0 nitrogen and oxygen atoms in total. The molecule has 0 aliphatic carbocycles. The van der Waals surface area contributed by atoms with Crippen molar-refractivity contribution < 1.29 is 0 Å². The predicted octanol–water partition coefficient (Wildman–Crippen LogP) is 10.2. The van der Waals surface area contributed by atoms with Gasteiger partial charge >= 0.3 is 0 Å². The van der Waals surface area contributed by atoms with Crippen LogP contribution in [0.15, 0.2) is 0 Å². The molecule has 0 aliphatic heterocycles. The summed E-state index contributed by atoms with van der Waals surface area (Å²) in [7, 11) is 0. The molecule has 0 rings (SSSR count). The van der Waals surface area contributed by atoms with E-state index in [1.165, 1.54) is 141 Å². The van der Waals surface area contributed by atoms with Gasteiger partial charge in [-0.15, -0.1) is 0 Å². The molecule has 0 bridgehead atoms. The van der Waals surface area contributed by atoms with Gasteiger partial charge in [0.15, 0.2) is 0 Å². The summed E-state index contributed by atoms with van der Waals surface area (Å²) < 4.78 is 0. The van der Waals surface area contributed by atoms with Crippen LogP contribution in [0.3, 0.4) is 0 Å². The highest BCUT2D eigenvalue weighted by Crippen LogP contribution is 2.18. The Bertz CT molecular complexity index is 232. The first-order valence-electron chi connectivity index (χ1n) is 12.8. The fourth-order valence-corrected chi connectivity index (χ4v) is 4.10. The maximum absolute atomic E-state index is 2.48. The lowest BCUT2D eigenvalue weighted by molar-refractivity contribution is 0.431. The Morgan fingerprint density at radius 3 is 0.846 bits per heavy atom. The summed E-state index contributed by atoms with van der Waals surface area (Å²) >= 11 is 0. The zero-order valence-corrected chi connectivity index (χ0v) is 19.1. The molecule has 0 radical (unpaired) electrons. The summed E-state index contributed by atoms with van der Waals surface area (Å²) in [5.74, 6) is 0.971. The normalized spacial score (nSPS) is 12.6. The van der Waals surface area contributed by atoms with Crippen molar-refractivity contribution in [3.63, 3.8) is 0 Å². The lowest BCUT2D eigenvalue weighted by Crippen LogP contribution is -1.95. The van der Waals surface area contributed by atoms with E-state index in [1.54, 1.807) is 0 Å². The fourth-order valence-electron chi connectivity index (χ4n) is 4.10. The third kappa shape index (κ3) is 22.0. The Hall–Kier alpha value is 0. The minimum absolute atomic E-state index is 0.971. The van der Waals surface area contributed by atoms with Crippen molar-refractivity contribution in [2.24, 2.45) is 5.92 Å². The highest BCUT2D eigenvalue weighted by molar-refractivity contribution is 4.56. The Kier molecular flexibility index (Phi) is 23.0. The number of hydrogen-bond donors (Lipinski definition) is 0. The van der Waals surface area contributed by atoms with E-state index in [0.717, 1.165) is 5.92 Å². The number of unbranched alkanes of at least 4 members (excludes halogenated alkanes) is 18. The highest BCUT2D eigenvalue weighted by Gasteiger charge is 2.02. The summed E-state index contributed by atoms with van der Waals surface area (Å²) in [6, 6.07) is 0. The largest absolute Gasteiger partial charge is 0.0654 e. The van der Waals surface area contributed by atoms with E-state index < -0.39 is 0 Å². The van der Waals surface area contributed by atoms with E-state index in [-0.39, 0.29) is 0 Å². The highest BCUT2D eigenvalue weighted by atomic mass is 14.1. The monoisotopic (exact) mass is 366 g/mol. The van der Waals surface area contributed by atoms with Gasteiger partial charge < -0.3 is 0 Å². The first-order chi connectivity index (χ1) is 12.8. The lowest BCUT2D eigenvalue weighted by atomic mass is 9.96. The van der Waals surface area contributed by atoms with Crippen LogP contribution in [0.2, 0.25) is 0 Å². The minimum Gasteiger partial charge on any atom is -0.0654 e. The molecule has 0 saturated heterocycles. The molecule has 1 unspecified atom stereocenters. The summed E-state index contributed by atoms with van der Waals surface area (Å²) in [6.45, 7) is 7.08. The SMILES string of the molecule is CCCCCCCCCCCCCCCCCC(C)CCCCCCC. The van der Waals surface area contributed by atoms with Crippen molar-refractivity contribution >= 4 is 0 Å². The van der Waals surface area contributed by atoms with E-state index >= 15 is 0 Å². The van der Waals surface area contributed by atoms with Gasteiger partial charge in [-0.25, -0.2) is 0 Å². The van der Waals surface area contributed by atoms with Gasteiger partial charge in [0.1, 0.15) is 0 Å². The molecule has 158 valence electrons. The average Bonchev–Trinajstić information content (AvgIpc) is 2.64. The standard InChI is InChI=1S/C26H54/c1-4-6-8-10-11-12-13-14-15-16-17-18-19-21-23-25-26(3)24-22-20-9-7-5-2/h26H,4-25H2,1-3H3. The Balaban J connectivity index is 3.08. The van der Waals surface area contributed by atoms with Crippen LogP contribution in [0.4, 0.5) is 0 Å². The maximum Gasteiger partial charge on any atom is -0.0443 e. The van der Waals surface area contributed by atoms with Crippen LogP contribution >= 0.6 is 0 Å². The molecule has 0 fully saturated rings. The van der Waals surface area contributed by atoms with E-state index in [9.17, 15) is 0 Å². The van der Waals surface area contributed by atoms with E-state index in [2.05, 4.69) is 20.8 Å². The Morgan fingerprint density at radius 1 is 0.346 bits per heavy atom. The van der Waals surface area contributed by atoms with Crippen molar-refractivity contribution in [3.8, 4) is 0 Å². The number of hydrogen-bond acceptors (Lipinski definition) is 0. The topological polar surface area (TPSA) is 0 Å². The van der Waals surface area contributed by atoms with Gasteiger partial charge in [0.2, 0.25) is 0 Å². The van der Waals surface area contributed by atoms with E-state index in [0.29, 0.717) is 0 Å². The van der Waals surface area contributed by atoms with Crippen molar-refractivity contribution in [1.82, 2.24) is 0 Å². The van der Waals surface area contributed by atoms with Crippen LogP contribution < -0.4 is 0 Å². The fraction of sp³-hybridized carbons (Fsp3) is 1.00. The van der Waals surface area contributed by atoms with Gasteiger partial charge in [0.25, 0.3) is 0 Å². The van der Waals surface area contributed by atoms with Crippen LogP contribution in [0.5, 0.6) is 0 Å². The smallest absolute Gasteiger partial charge is 0.0443 e. The van der Waals surface area contributed by atoms with E-state index in [1.807, 2.05) is 0 Å². The molecule has 0 aromatic heterocycles. The molecule has 0 saturated carbocycles. The molecule has 1 atom stereocenters. The van der Waals surface area contributed by atoms with Crippen LogP contribution in [-0.2, 0) is 0 Å². The van der Waals surface area contributed by atoms with Gasteiger partial charge in [0, 0.05) is 0 Å². The zero-order valence-electron chi connectivity index (χ0n) is 19.1. The van der Waals surface area contributed by atoms with Crippen LogP contribution in [0, 0.1) is 5.92 Å². The van der Waals surface area contributed by atoms with Crippen molar-refractivity contribution in [3.05, 3.63) is 0 Å². The van der Waals surface area contributed by atoms with Gasteiger partial charge in [-0.2, -0.15) is 0 Å². The maximum atomic E-state index is 2.48. The van der Waals surface area contributed by atoms with Gasteiger partial charge in [-0.05, 0) is 5.92 Å². The molecule has 0 heteroatoms. The minimum atomic E-state index is 0.971. The average molecular weight is 367 g/mol. The van der Waals surface area contributed by atoms with Crippen LogP contribution in [-0.4, -0.2) is 0 Å². The first-order valence-corrected chi connectivity index (χ1v) is 12.8. The molecular formula is C26H54. The summed E-state index contributed by atoms with van der Waals surface area (Å²) in [5.41, 5.74) is 0. The first kappa shape index (κ1) is 26.0. The van der Waals surface area contributed by atoms with Crippen molar-refractivity contribution in [2.75, 3.05) is 0 Å². The Morgan fingerprint density at radius 2 is 0.577 bits per heavy atom. The molecule has 0 aromatic rings. The lowest BCUT2D eigenvalue weighted by Gasteiger charge is -2.11. The molecule has 0 amide bonds. The van der Waals surface area contributed by atoms with E-state index in [4.69, 9.17) is 0 Å². The second kappa shape index (κ2) is 23.0. The summed E-state index contributed by atoms with van der Waals surface area (Å²) in [4.78, 5) is 0. The van der Waals surface area contributed by atoms with Crippen LogP contribution in [0.25, 0.3) is 0 Å². The quantitative estimate of drug-likeness (QED) is 0.167. The summed E-state index contributed by atoms with van der Waals surface area (Å²) in [5, 5.41) is 0. The molecule has 0 aliphatic rings. The summed E-state index contributed by atoms with van der Waals surface area (Å²) in [6.07, 6.45) is 32.3. The van der Waals surface area contributed by atoms with Gasteiger partial charge in [0.05, 0.1) is 0 Å².